The Morgan fingerprint density at radius 1 is 1.29 bits per heavy atom. The Hall–Kier alpha value is -1.49. The molecule has 5 heteroatoms. The summed E-state index contributed by atoms with van der Waals surface area (Å²) in [7, 11) is 0. The molecule has 0 bridgehead atoms. The van der Waals surface area contributed by atoms with Crippen molar-refractivity contribution >= 4 is 11.0 Å². The largest absolute Gasteiger partial charge is 0.329 e. The van der Waals surface area contributed by atoms with E-state index < -0.39 is 11.6 Å². The molecule has 3 nitrogen and oxygen atoms in total. The standard InChI is InChI=1S/C12H13F2N3/c13-8-5-10-11(6-9(8)14)17(4-3-15)12(16-10)7-1-2-7/h5-7H,1-4,15H2. The normalized spacial score (nSPS) is 15.7. The van der Waals surface area contributed by atoms with E-state index >= 15 is 0 Å². The van der Waals surface area contributed by atoms with E-state index in [0.717, 1.165) is 24.7 Å². The summed E-state index contributed by atoms with van der Waals surface area (Å²) in [6.45, 7) is 1.05. The van der Waals surface area contributed by atoms with Crippen molar-refractivity contribution in [2.75, 3.05) is 6.54 Å². The topological polar surface area (TPSA) is 43.8 Å². The third-order valence-corrected chi connectivity index (χ3v) is 3.12. The summed E-state index contributed by atoms with van der Waals surface area (Å²) in [6.07, 6.45) is 2.19. The average molecular weight is 237 g/mol. The second-order valence-electron chi connectivity index (χ2n) is 4.44. The van der Waals surface area contributed by atoms with Crippen molar-refractivity contribution in [1.82, 2.24) is 9.55 Å². The fraction of sp³-hybridized carbons (Fsp3) is 0.417. The molecule has 1 aromatic heterocycles. The predicted octanol–water partition coefficient (Wildman–Crippen LogP) is 2.15. The highest BCUT2D eigenvalue weighted by Gasteiger charge is 2.29. The Balaban J connectivity index is 2.23. The van der Waals surface area contributed by atoms with Crippen LogP contribution in [-0.2, 0) is 6.54 Å². The van der Waals surface area contributed by atoms with Gasteiger partial charge in [-0.05, 0) is 12.8 Å². The van der Waals surface area contributed by atoms with Gasteiger partial charge < -0.3 is 10.3 Å². The maximum atomic E-state index is 13.2. The van der Waals surface area contributed by atoms with Gasteiger partial charge in [0, 0.05) is 31.1 Å². The number of nitrogens with zero attached hydrogens (tertiary/aromatic N) is 2. The molecule has 1 fully saturated rings. The van der Waals surface area contributed by atoms with Crippen LogP contribution in [0.15, 0.2) is 12.1 Å². The molecule has 0 radical (unpaired) electrons. The first-order valence-electron chi connectivity index (χ1n) is 5.76. The lowest BCUT2D eigenvalue weighted by molar-refractivity contribution is 0.510. The summed E-state index contributed by atoms with van der Waals surface area (Å²) < 4.78 is 28.3. The number of halogens is 2. The van der Waals surface area contributed by atoms with E-state index in [2.05, 4.69) is 4.98 Å². The summed E-state index contributed by atoms with van der Waals surface area (Å²) in [5.74, 6) is -0.342. The van der Waals surface area contributed by atoms with E-state index in [1.807, 2.05) is 4.57 Å². The molecule has 0 saturated heterocycles. The molecule has 90 valence electrons. The number of nitrogens with two attached hydrogens (primary N) is 1. The lowest BCUT2D eigenvalue weighted by Crippen LogP contribution is -2.12. The van der Waals surface area contributed by atoms with Crippen LogP contribution < -0.4 is 5.73 Å². The minimum Gasteiger partial charge on any atom is -0.329 e. The van der Waals surface area contributed by atoms with Crippen LogP contribution in [0.4, 0.5) is 8.78 Å². The molecular formula is C12H13F2N3. The zero-order valence-electron chi connectivity index (χ0n) is 9.29. The highest BCUT2D eigenvalue weighted by atomic mass is 19.2. The molecule has 1 heterocycles. The molecule has 2 aromatic rings. The van der Waals surface area contributed by atoms with Crippen LogP contribution in [0.25, 0.3) is 11.0 Å². The Morgan fingerprint density at radius 2 is 2.00 bits per heavy atom. The Morgan fingerprint density at radius 3 is 2.65 bits per heavy atom. The van der Waals surface area contributed by atoms with Crippen molar-refractivity contribution in [1.29, 1.82) is 0 Å². The van der Waals surface area contributed by atoms with Crippen molar-refractivity contribution in [3.05, 3.63) is 29.6 Å². The smallest absolute Gasteiger partial charge is 0.161 e. The zero-order chi connectivity index (χ0) is 12.0. The van der Waals surface area contributed by atoms with Crippen LogP contribution in [-0.4, -0.2) is 16.1 Å². The summed E-state index contributed by atoms with van der Waals surface area (Å²) in [5, 5.41) is 0. The first-order chi connectivity index (χ1) is 8.20. The monoisotopic (exact) mass is 237 g/mol. The lowest BCUT2D eigenvalue weighted by Gasteiger charge is -2.06. The SMILES string of the molecule is NCCn1c(C2CC2)nc2cc(F)c(F)cc21. The second-order valence-corrected chi connectivity index (χ2v) is 4.44. The van der Waals surface area contributed by atoms with Gasteiger partial charge in [0.15, 0.2) is 11.6 Å². The van der Waals surface area contributed by atoms with Gasteiger partial charge >= 0.3 is 0 Å². The van der Waals surface area contributed by atoms with Gasteiger partial charge in [-0.3, -0.25) is 0 Å². The number of fused-ring (bicyclic) bond motifs is 1. The number of benzene rings is 1. The molecule has 1 saturated carbocycles. The number of hydrogen-bond donors (Lipinski definition) is 1. The van der Waals surface area contributed by atoms with Crippen LogP contribution in [0, 0.1) is 11.6 Å². The average Bonchev–Trinajstić information content (AvgIpc) is 3.08. The molecule has 0 amide bonds. The van der Waals surface area contributed by atoms with Crippen LogP contribution in [0.2, 0.25) is 0 Å². The van der Waals surface area contributed by atoms with Crippen molar-refractivity contribution in [3.8, 4) is 0 Å². The Labute approximate surface area is 97.2 Å². The third kappa shape index (κ3) is 1.70. The number of imidazole rings is 1. The minimum absolute atomic E-state index is 0.431. The Bertz CT molecular complexity index is 573. The van der Waals surface area contributed by atoms with E-state index in [9.17, 15) is 8.78 Å². The van der Waals surface area contributed by atoms with Gasteiger partial charge in [-0.25, -0.2) is 13.8 Å². The van der Waals surface area contributed by atoms with Crippen LogP contribution in [0.3, 0.4) is 0 Å². The minimum atomic E-state index is -0.850. The second kappa shape index (κ2) is 3.77. The molecule has 0 unspecified atom stereocenters. The van der Waals surface area contributed by atoms with Crippen molar-refractivity contribution in [3.63, 3.8) is 0 Å². The first-order valence-corrected chi connectivity index (χ1v) is 5.76. The Kier molecular flexibility index (Phi) is 2.36. The van der Waals surface area contributed by atoms with Gasteiger partial charge in [-0.15, -0.1) is 0 Å². The van der Waals surface area contributed by atoms with E-state index in [0.29, 0.717) is 30.0 Å². The molecule has 0 atom stereocenters. The van der Waals surface area contributed by atoms with Gasteiger partial charge in [-0.2, -0.15) is 0 Å². The summed E-state index contributed by atoms with van der Waals surface area (Å²) in [6, 6.07) is 2.36. The van der Waals surface area contributed by atoms with Crippen LogP contribution >= 0.6 is 0 Å². The summed E-state index contributed by atoms with van der Waals surface area (Å²) >= 11 is 0. The highest BCUT2D eigenvalue weighted by Crippen LogP contribution is 2.40. The van der Waals surface area contributed by atoms with Crippen molar-refractivity contribution in [2.45, 2.75) is 25.3 Å². The first kappa shape index (κ1) is 10.7. The van der Waals surface area contributed by atoms with E-state index in [1.165, 1.54) is 6.07 Å². The van der Waals surface area contributed by atoms with Gasteiger partial charge in [-0.1, -0.05) is 0 Å². The number of aromatic nitrogens is 2. The maximum Gasteiger partial charge on any atom is 0.161 e. The predicted molar refractivity (Wildman–Crippen MR) is 60.7 cm³/mol. The summed E-state index contributed by atoms with van der Waals surface area (Å²) in [4.78, 5) is 4.40. The van der Waals surface area contributed by atoms with Gasteiger partial charge in [0.25, 0.3) is 0 Å². The fourth-order valence-electron chi connectivity index (χ4n) is 2.16. The summed E-state index contributed by atoms with van der Waals surface area (Å²) in [5.41, 5.74) is 6.70. The quantitative estimate of drug-likeness (QED) is 0.888. The molecule has 2 N–H and O–H groups in total. The van der Waals surface area contributed by atoms with Crippen LogP contribution in [0.1, 0.15) is 24.6 Å². The molecular weight excluding hydrogens is 224 g/mol. The molecule has 1 aliphatic carbocycles. The van der Waals surface area contributed by atoms with E-state index in [4.69, 9.17) is 5.73 Å². The molecule has 0 spiro atoms. The van der Waals surface area contributed by atoms with Gasteiger partial charge in [0.1, 0.15) is 5.82 Å². The maximum absolute atomic E-state index is 13.2. The van der Waals surface area contributed by atoms with Gasteiger partial charge in [0.2, 0.25) is 0 Å². The molecule has 1 aliphatic rings. The van der Waals surface area contributed by atoms with E-state index in [1.54, 1.807) is 0 Å². The van der Waals surface area contributed by atoms with Crippen molar-refractivity contribution < 1.29 is 8.78 Å². The van der Waals surface area contributed by atoms with E-state index in [-0.39, 0.29) is 0 Å². The van der Waals surface area contributed by atoms with Crippen LogP contribution in [0.5, 0.6) is 0 Å². The molecule has 0 aliphatic heterocycles. The number of rotatable bonds is 3. The van der Waals surface area contributed by atoms with Crippen molar-refractivity contribution in [2.24, 2.45) is 5.73 Å². The zero-order valence-corrected chi connectivity index (χ0v) is 9.29. The third-order valence-electron chi connectivity index (χ3n) is 3.12. The van der Waals surface area contributed by atoms with Gasteiger partial charge in [0.05, 0.1) is 11.0 Å². The lowest BCUT2D eigenvalue weighted by atomic mass is 10.3. The fourth-order valence-corrected chi connectivity index (χ4v) is 2.16. The molecule has 1 aromatic carbocycles. The highest BCUT2D eigenvalue weighted by molar-refractivity contribution is 5.76. The molecule has 3 rings (SSSR count). The number of hydrogen-bond acceptors (Lipinski definition) is 2. The molecule has 17 heavy (non-hydrogen) atoms.